The number of aromatic nitrogens is 2. The van der Waals surface area contributed by atoms with Gasteiger partial charge in [-0.2, -0.15) is 4.31 Å². The van der Waals surface area contributed by atoms with Gasteiger partial charge >= 0.3 is 6.36 Å². The molecule has 0 saturated heterocycles. The highest BCUT2D eigenvalue weighted by molar-refractivity contribution is 7.89. The molecule has 0 saturated carbocycles. The van der Waals surface area contributed by atoms with Gasteiger partial charge in [-0.3, -0.25) is 9.78 Å². The van der Waals surface area contributed by atoms with Gasteiger partial charge in [0.25, 0.3) is 5.91 Å². The van der Waals surface area contributed by atoms with E-state index in [1.54, 1.807) is 24.5 Å². The first-order chi connectivity index (χ1) is 15.0. The summed E-state index contributed by atoms with van der Waals surface area (Å²) in [5, 5.41) is 2.51. The number of benzene rings is 1. The first-order valence-electron chi connectivity index (χ1n) is 9.14. The zero-order valence-electron chi connectivity index (χ0n) is 17.0. The first-order valence-corrected chi connectivity index (χ1v) is 10.6. The average Bonchev–Trinajstić information content (AvgIpc) is 3.12. The Bertz CT molecular complexity index is 1190. The fourth-order valence-corrected chi connectivity index (χ4v) is 4.08. The lowest BCUT2D eigenvalue weighted by Crippen LogP contribution is -2.26. The third-order valence-corrected chi connectivity index (χ3v) is 6.16. The number of carbonyl (C=O) groups excluding carboxylic acids is 1. The van der Waals surface area contributed by atoms with Gasteiger partial charge in [0.05, 0.1) is 0 Å². The van der Waals surface area contributed by atoms with Crippen LogP contribution in [0.25, 0.3) is 0 Å². The highest BCUT2D eigenvalue weighted by Crippen LogP contribution is 2.25. The molecule has 1 N–H and O–H groups in total. The molecule has 0 aliphatic heterocycles. The molecule has 0 aliphatic rings. The van der Waals surface area contributed by atoms with E-state index in [0.717, 1.165) is 16.4 Å². The van der Waals surface area contributed by atoms with Gasteiger partial charge in [0.1, 0.15) is 16.3 Å². The van der Waals surface area contributed by atoms with Crippen LogP contribution in [0, 0.1) is 0 Å². The maximum Gasteiger partial charge on any atom is 0.573 e. The molecule has 8 nitrogen and oxygen atoms in total. The number of aryl methyl sites for hydroxylation is 1. The molecule has 3 rings (SSSR count). The average molecular weight is 468 g/mol. The summed E-state index contributed by atoms with van der Waals surface area (Å²) in [6.07, 6.45) is -0.373. The lowest BCUT2D eigenvalue weighted by molar-refractivity contribution is -0.274. The van der Waals surface area contributed by atoms with E-state index in [1.807, 2.05) is 0 Å². The van der Waals surface area contributed by atoms with Crippen molar-refractivity contribution in [2.45, 2.75) is 17.8 Å². The molecule has 0 aliphatic carbocycles. The Kier molecular flexibility index (Phi) is 6.55. The summed E-state index contributed by atoms with van der Waals surface area (Å²) in [4.78, 5) is 16.5. The molecule has 3 aromatic rings. The Morgan fingerprint density at radius 3 is 2.50 bits per heavy atom. The summed E-state index contributed by atoms with van der Waals surface area (Å²) >= 11 is 0. The highest BCUT2D eigenvalue weighted by atomic mass is 32.2. The molecular weight excluding hydrogens is 449 g/mol. The molecule has 1 amide bonds. The molecule has 2 heterocycles. The third-order valence-electron chi connectivity index (χ3n) is 4.39. The van der Waals surface area contributed by atoms with E-state index in [9.17, 15) is 26.4 Å². The number of rotatable bonds is 7. The number of amides is 1. The van der Waals surface area contributed by atoms with Gasteiger partial charge in [-0.25, -0.2) is 8.42 Å². The Hall–Kier alpha value is -3.38. The van der Waals surface area contributed by atoms with E-state index >= 15 is 0 Å². The van der Waals surface area contributed by atoms with Crippen molar-refractivity contribution in [3.05, 3.63) is 72.3 Å². The number of pyridine rings is 1. The van der Waals surface area contributed by atoms with Crippen molar-refractivity contribution in [1.82, 2.24) is 13.9 Å². The topological polar surface area (TPSA) is 93.5 Å². The van der Waals surface area contributed by atoms with E-state index in [4.69, 9.17) is 0 Å². The van der Waals surface area contributed by atoms with Crippen molar-refractivity contribution >= 4 is 21.6 Å². The molecule has 32 heavy (non-hydrogen) atoms. The molecule has 0 bridgehead atoms. The van der Waals surface area contributed by atoms with Crippen LogP contribution in [0.4, 0.5) is 18.9 Å². The molecule has 1 aromatic carbocycles. The second-order valence-corrected chi connectivity index (χ2v) is 8.87. The summed E-state index contributed by atoms with van der Waals surface area (Å²) in [5.41, 5.74) is 0.961. The van der Waals surface area contributed by atoms with Crippen LogP contribution < -0.4 is 10.1 Å². The summed E-state index contributed by atoms with van der Waals surface area (Å²) in [5.74, 6) is -1.06. The summed E-state index contributed by atoms with van der Waals surface area (Å²) < 4.78 is 68.8. The second kappa shape index (κ2) is 9.01. The van der Waals surface area contributed by atoms with Gasteiger partial charge in [0.2, 0.25) is 10.0 Å². The summed E-state index contributed by atoms with van der Waals surface area (Å²) in [6, 6.07) is 9.25. The van der Waals surface area contributed by atoms with Crippen LogP contribution in [-0.2, 0) is 23.6 Å². The van der Waals surface area contributed by atoms with E-state index in [1.165, 1.54) is 43.1 Å². The SMILES string of the molecule is CN(Cc1cccnc1)S(=O)(=O)c1cc(C(=O)Nc2ccc(OC(F)(F)F)cc2)n(C)c1. The normalized spacial score (nSPS) is 12.1. The number of nitrogens with one attached hydrogen (secondary N) is 1. The van der Waals surface area contributed by atoms with Crippen molar-refractivity contribution in [3.63, 3.8) is 0 Å². The van der Waals surface area contributed by atoms with Crippen LogP contribution in [0.1, 0.15) is 16.1 Å². The van der Waals surface area contributed by atoms with Crippen molar-refractivity contribution in [1.29, 1.82) is 0 Å². The van der Waals surface area contributed by atoms with Crippen molar-refractivity contribution in [2.75, 3.05) is 12.4 Å². The van der Waals surface area contributed by atoms with Gasteiger partial charge < -0.3 is 14.6 Å². The maximum atomic E-state index is 12.9. The van der Waals surface area contributed by atoms with E-state index < -0.39 is 28.0 Å². The zero-order valence-corrected chi connectivity index (χ0v) is 17.8. The quantitative estimate of drug-likeness (QED) is 0.574. The molecule has 0 spiro atoms. The van der Waals surface area contributed by atoms with Crippen molar-refractivity contribution in [3.8, 4) is 5.75 Å². The van der Waals surface area contributed by atoms with Gasteiger partial charge in [-0.1, -0.05) is 6.07 Å². The van der Waals surface area contributed by atoms with Crippen LogP contribution in [0.15, 0.2) is 66.0 Å². The van der Waals surface area contributed by atoms with Crippen LogP contribution in [0.2, 0.25) is 0 Å². The minimum atomic E-state index is -4.82. The highest BCUT2D eigenvalue weighted by Gasteiger charge is 2.31. The number of sulfonamides is 1. The number of alkyl halides is 3. The fourth-order valence-electron chi connectivity index (χ4n) is 2.85. The first kappa shape index (κ1) is 23.3. The van der Waals surface area contributed by atoms with Gasteiger partial charge in [0, 0.05) is 44.9 Å². The van der Waals surface area contributed by atoms with Crippen LogP contribution >= 0.6 is 0 Å². The Morgan fingerprint density at radius 2 is 1.91 bits per heavy atom. The fraction of sp³-hybridized carbons (Fsp3) is 0.200. The standard InChI is InChI=1S/C20H19F3N4O4S/c1-26-13-17(32(29,30)27(2)12-14-4-3-9-24-11-14)10-18(26)19(28)25-15-5-7-16(8-6-15)31-20(21,22)23/h3-11,13H,12H2,1-2H3,(H,25,28). The van der Waals surface area contributed by atoms with Crippen molar-refractivity contribution in [2.24, 2.45) is 7.05 Å². The molecule has 0 unspecified atom stereocenters. The molecule has 170 valence electrons. The van der Waals surface area contributed by atoms with E-state index in [2.05, 4.69) is 15.0 Å². The molecular formula is C20H19F3N4O4S. The predicted octanol–water partition coefficient (Wildman–Crippen LogP) is 3.39. The number of hydrogen-bond acceptors (Lipinski definition) is 5. The molecule has 2 aromatic heterocycles. The Labute approximate surface area is 182 Å². The Morgan fingerprint density at radius 1 is 1.22 bits per heavy atom. The summed E-state index contributed by atoms with van der Waals surface area (Å²) in [7, 11) is -0.961. The van der Waals surface area contributed by atoms with Crippen LogP contribution in [0.3, 0.4) is 0 Å². The zero-order chi connectivity index (χ0) is 23.5. The van der Waals surface area contributed by atoms with Crippen molar-refractivity contribution < 1.29 is 31.1 Å². The third kappa shape index (κ3) is 5.65. The minimum absolute atomic E-state index is 0.0500. The number of nitrogens with zero attached hydrogens (tertiary/aromatic N) is 3. The number of anilines is 1. The second-order valence-electron chi connectivity index (χ2n) is 6.82. The monoisotopic (exact) mass is 468 g/mol. The minimum Gasteiger partial charge on any atom is -0.406 e. The number of carbonyl (C=O) groups is 1. The van der Waals surface area contributed by atoms with Crippen LogP contribution in [0.5, 0.6) is 5.75 Å². The van der Waals surface area contributed by atoms with Gasteiger partial charge in [-0.15, -0.1) is 13.2 Å². The molecule has 0 atom stereocenters. The van der Waals surface area contributed by atoms with E-state index in [0.29, 0.717) is 5.56 Å². The number of halogens is 3. The lowest BCUT2D eigenvalue weighted by atomic mass is 10.3. The molecule has 0 radical (unpaired) electrons. The predicted molar refractivity (Wildman–Crippen MR) is 109 cm³/mol. The lowest BCUT2D eigenvalue weighted by Gasteiger charge is -2.16. The summed E-state index contributed by atoms with van der Waals surface area (Å²) in [6.45, 7) is 0.0962. The Balaban J connectivity index is 1.73. The van der Waals surface area contributed by atoms with E-state index in [-0.39, 0.29) is 22.8 Å². The largest absolute Gasteiger partial charge is 0.573 e. The maximum absolute atomic E-state index is 12.9. The van der Waals surface area contributed by atoms with Gasteiger partial charge in [0.15, 0.2) is 0 Å². The number of hydrogen-bond donors (Lipinski definition) is 1. The smallest absolute Gasteiger partial charge is 0.406 e. The number of ether oxygens (including phenoxy) is 1. The van der Waals surface area contributed by atoms with Crippen LogP contribution in [-0.4, -0.2) is 41.6 Å². The van der Waals surface area contributed by atoms with Gasteiger partial charge in [-0.05, 0) is 42.0 Å². The molecule has 12 heteroatoms. The molecule has 0 fully saturated rings.